The lowest BCUT2D eigenvalue weighted by molar-refractivity contribution is 0.300. The summed E-state index contributed by atoms with van der Waals surface area (Å²) in [6.45, 7) is 0.333. The Kier molecular flexibility index (Phi) is 5.43. The van der Waals surface area contributed by atoms with Crippen LogP contribution in [-0.4, -0.2) is 9.78 Å². The molecule has 2 aromatic carbocycles. The van der Waals surface area contributed by atoms with Crippen molar-refractivity contribution in [3.05, 3.63) is 84.3 Å². The first-order chi connectivity index (χ1) is 11.5. The molecule has 7 heteroatoms. The molecule has 0 atom stereocenters. The molecule has 4 nitrogen and oxygen atoms in total. The summed E-state index contributed by atoms with van der Waals surface area (Å²) < 4.78 is 7.48. The Morgan fingerprint density at radius 1 is 1.00 bits per heavy atom. The molecule has 0 aliphatic heterocycles. The summed E-state index contributed by atoms with van der Waals surface area (Å²) in [5.41, 5.74) is 1.36. The zero-order chi connectivity index (χ0) is 17.1. The average molecular weight is 473 g/mol. The molecule has 1 aromatic heterocycles. The quantitative estimate of drug-likeness (QED) is 0.516. The number of halogens is 3. The van der Waals surface area contributed by atoms with E-state index in [4.69, 9.17) is 27.9 Å². The molecule has 1 heterocycles. The second-order valence-electron chi connectivity index (χ2n) is 4.93. The van der Waals surface area contributed by atoms with E-state index < -0.39 is 0 Å². The summed E-state index contributed by atoms with van der Waals surface area (Å²) >= 11 is 13.7. The van der Waals surface area contributed by atoms with Crippen molar-refractivity contribution < 1.29 is 4.74 Å². The van der Waals surface area contributed by atoms with E-state index in [0.717, 1.165) is 5.56 Å². The van der Waals surface area contributed by atoms with Gasteiger partial charge >= 0.3 is 0 Å². The van der Waals surface area contributed by atoms with Crippen molar-refractivity contribution >= 4 is 45.8 Å². The van der Waals surface area contributed by atoms with Gasteiger partial charge in [0, 0.05) is 10.0 Å². The van der Waals surface area contributed by atoms with Gasteiger partial charge in [0.15, 0.2) is 5.75 Å². The van der Waals surface area contributed by atoms with Crippen LogP contribution in [0.4, 0.5) is 0 Å². The first-order valence-corrected chi connectivity index (χ1v) is 8.79. The molecule has 0 bridgehead atoms. The van der Waals surface area contributed by atoms with Crippen molar-refractivity contribution in [2.24, 2.45) is 0 Å². The number of rotatable bonds is 4. The summed E-state index contributed by atoms with van der Waals surface area (Å²) in [5, 5.41) is 5.44. The summed E-state index contributed by atoms with van der Waals surface area (Å²) in [7, 11) is 0. The fourth-order valence-electron chi connectivity index (χ4n) is 2.03. The Morgan fingerprint density at radius 2 is 1.58 bits per heavy atom. The maximum absolute atomic E-state index is 12.5. The minimum absolute atomic E-state index is 0.244. The van der Waals surface area contributed by atoms with E-state index in [1.165, 1.54) is 10.9 Å². The van der Waals surface area contributed by atoms with Gasteiger partial charge in [-0.3, -0.25) is 4.79 Å². The highest BCUT2D eigenvalue weighted by molar-refractivity contribution is 14.1. The Balaban J connectivity index is 1.83. The molecule has 0 fully saturated rings. The van der Waals surface area contributed by atoms with Crippen LogP contribution in [0.1, 0.15) is 5.56 Å². The van der Waals surface area contributed by atoms with Crippen molar-refractivity contribution in [1.29, 1.82) is 0 Å². The summed E-state index contributed by atoms with van der Waals surface area (Å²) in [6.07, 6.45) is 1.54. The predicted molar refractivity (Wildman–Crippen MR) is 103 cm³/mol. The van der Waals surface area contributed by atoms with Crippen LogP contribution in [0.25, 0.3) is 5.69 Å². The highest BCUT2D eigenvalue weighted by atomic mass is 127. The highest BCUT2D eigenvalue weighted by Gasteiger charge is 2.11. The number of aromatic nitrogens is 2. The Labute approximate surface area is 162 Å². The molecule has 0 radical (unpaired) electrons. The van der Waals surface area contributed by atoms with Gasteiger partial charge in [0.25, 0.3) is 5.56 Å². The highest BCUT2D eigenvalue weighted by Crippen LogP contribution is 2.19. The van der Waals surface area contributed by atoms with Crippen molar-refractivity contribution in [3.8, 4) is 11.4 Å². The molecule has 0 aliphatic carbocycles. The first kappa shape index (κ1) is 17.3. The van der Waals surface area contributed by atoms with Gasteiger partial charge in [-0.15, -0.1) is 0 Å². The van der Waals surface area contributed by atoms with Gasteiger partial charge in [-0.25, -0.2) is 0 Å². The molecule has 3 rings (SSSR count). The molecule has 0 unspecified atom stereocenters. The maximum atomic E-state index is 12.5. The van der Waals surface area contributed by atoms with E-state index in [1.807, 2.05) is 34.7 Å². The summed E-state index contributed by atoms with van der Waals surface area (Å²) in [6, 6.07) is 14.2. The van der Waals surface area contributed by atoms with E-state index in [-0.39, 0.29) is 5.56 Å². The largest absolute Gasteiger partial charge is 0.486 e. The van der Waals surface area contributed by atoms with Crippen molar-refractivity contribution in [3.63, 3.8) is 0 Å². The van der Waals surface area contributed by atoms with Crippen LogP contribution in [0.2, 0.25) is 10.0 Å². The van der Waals surface area contributed by atoms with E-state index in [0.29, 0.717) is 31.7 Å². The number of benzene rings is 2. The molecule has 0 amide bonds. The minimum Gasteiger partial charge on any atom is -0.486 e. The smallest absolute Gasteiger partial charge is 0.288 e. The molecule has 0 saturated heterocycles. The van der Waals surface area contributed by atoms with E-state index >= 15 is 0 Å². The molecular formula is C17H11Cl2IN2O2. The molecule has 0 aliphatic rings. The fourth-order valence-corrected chi connectivity index (χ4v) is 2.80. The van der Waals surface area contributed by atoms with Gasteiger partial charge in [-0.2, -0.15) is 9.78 Å². The van der Waals surface area contributed by atoms with Gasteiger partial charge in [-0.1, -0.05) is 35.3 Å². The third-order valence-electron chi connectivity index (χ3n) is 3.27. The predicted octanol–water partition coefficient (Wildman–Crippen LogP) is 4.72. The van der Waals surface area contributed by atoms with Crippen molar-refractivity contribution in [2.45, 2.75) is 6.61 Å². The summed E-state index contributed by atoms with van der Waals surface area (Å²) in [4.78, 5) is 12.5. The van der Waals surface area contributed by atoms with Gasteiger partial charge in [-0.05, 0) is 64.6 Å². The molecule has 3 aromatic rings. The van der Waals surface area contributed by atoms with Crippen LogP contribution in [-0.2, 0) is 6.61 Å². The van der Waals surface area contributed by atoms with Crippen LogP contribution in [0.15, 0.2) is 59.5 Å². The van der Waals surface area contributed by atoms with Gasteiger partial charge in [0.05, 0.1) is 11.9 Å². The third kappa shape index (κ3) is 3.91. The number of ether oxygens (including phenoxy) is 1. The Morgan fingerprint density at radius 3 is 2.21 bits per heavy atom. The van der Waals surface area contributed by atoms with Crippen LogP contribution >= 0.6 is 45.8 Å². The standard InChI is InChI=1S/C17H11Cl2IN2O2/c18-12-3-1-11(2-4-12)10-24-15-9-21-22(17(23)16(15)20)14-7-5-13(19)6-8-14/h1-9H,10H2. The normalized spacial score (nSPS) is 10.6. The van der Waals surface area contributed by atoms with Gasteiger partial charge < -0.3 is 4.74 Å². The van der Waals surface area contributed by atoms with Crippen molar-refractivity contribution in [1.82, 2.24) is 9.78 Å². The van der Waals surface area contributed by atoms with Crippen LogP contribution in [0, 0.1) is 3.57 Å². The number of hydrogen-bond acceptors (Lipinski definition) is 3. The first-order valence-electron chi connectivity index (χ1n) is 6.95. The lowest BCUT2D eigenvalue weighted by Crippen LogP contribution is -2.24. The summed E-state index contributed by atoms with van der Waals surface area (Å²) in [5.74, 6) is 0.445. The molecule has 122 valence electrons. The zero-order valence-corrected chi connectivity index (χ0v) is 15.9. The SMILES string of the molecule is O=c1c(I)c(OCc2ccc(Cl)cc2)cnn1-c1ccc(Cl)cc1. The fraction of sp³-hybridized carbons (Fsp3) is 0.0588. The van der Waals surface area contributed by atoms with Gasteiger partial charge in [0.2, 0.25) is 0 Å². The lowest BCUT2D eigenvalue weighted by Gasteiger charge is -2.10. The molecule has 0 N–H and O–H groups in total. The van der Waals surface area contributed by atoms with Crippen molar-refractivity contribution in [2.75, 3.05) is 0 Å². The van der Waals surface area contributed by atoms with Gasteiger partial charge in [0.1, 0.15) is 10.2 Å². The maximum Gasteiger partial charge on any atom is 0.288 e. The second kappa shape index (κ2) is 7.55. The van der Waals surface area contributed by atoms with Crippen LogP contribution in [0.5, 0.6) is 5.75 Å². The van der Waals surface area contributed by atoms with E-state index in [9.17, 15) is 4.79 Å². The number of hydrogen-bond donors (Lipinski definition) is 0. The van der Waals surface area contributed by atoms with Crippen LogP contribution < -0.4 is 10.3 Å². The molecule has 0 spiro atoms. The zero-order valence-electron chi connectivity index (χ0n) is 12.2. The Hall–Kier alpha value is -1.57. The Bertz CT molecular complexity index is 909. The van der Waals surface area contributed by atoms with E-state index in [1.54, 1.807) is 36.4 Å². The van der Waals surface area contributed by atoms with Crippen LogP contribution in [0.3, 0.4) is 0 Å². The van der Waals surface area contributed by atoms with E-state index in [2.05, 4.69) is 5.10 Å². The monoisotopic (exact) mass is 472 g/mol. The second-order valence-corrected chi connectivity index (χ2v) is 6.88. The average Bonchev–Trinajstić information content (AvgIpc) is 2.59. The minimum atomic E-state index is -0.244. The number of nitrogens with zero attached hydrogens (tertiary/aromatic N) is 2. The topological polar surface area (TPSA) is 44.1 Å². The third-order valence-corrected chi connectivity index (χ3v) is 4.76. The lowest BCUT2D eigenvalue weighted by atomic mass is 10.2. The molecule has 0 saturated carbocycles. The molecular weight excluding hydrogens is 462 g/mol. The molecule has 24 heavy (non-hydrogen) atoms.